The van der Waals surface area contributed by atoms with Gasteiger partial charge in [-0.25, -0.2) is 4.57 Å². The molecule has 0 unspecified atom stereocenters. The highest BCUT2D eigenvalue weighted by Crippen LogP contribution is 2.50. The zero-order valence-corrected chi connectivity index (χ0v) is 13.7. The molecule has 0 spiro atoms. The predicted molar refractivity (Wildman–Crippen MR) is 97.0 cm³/mol. The van der Waals surface area contributed by atoms with Gasteiger partial charge in [0.1, 0.15) is 11.5 Å². The van der Waals surface area contributed by atoms with Crippen LogP contribution < -0.4 is 9.05 Å². The Hall–Kier alpha value is -2.51. The van der Waals surface area contributed by atoms with E-state index in [9.17, 15) is 4.57 Å². The minimum absolute atomic E-state index is 0.0873. The van der Waals surface area contributed by atoms with E-state index in [0.29, 0.717) is 11.5 Å². The lowest BCUT2D eigenvalue weighted by molar-refractivity contribution is 0.389. The lowest BCUT2D eigenvalue weighted by atomic mass is 10.2. The van der Waals surface area contributed by atoms with Gasteiger partial charge in [-0.05, 0) is 12.1 Å². The van der Waals surface area contributed by atoms with Crippen molar-refractivity contribution in [2.24, 2.45) is 0 Å². The Morgan fingerprint density at radius 1 is 0.826 bits per heavy atom. The average Bonchev–Trinajstić information content (AvgIpc) is 2.56. The molecule has 0 radical (unpaired) electrons. The van der Waals surface area contributed by atoms with Crippen LogP contribution in [0.15, 0.2) is 74.3 Å². The number of para-hydroxylation sites is 2. The third-order valence-corrected chi connectivity index (χ3v) is 4.76. The Balaban J connectivity index is 2.35. The molecule has 2 aromatic rings. The van der Waals surface area contributed by atoms with E-state index in [1.165, 1.54) is 6.08 Å². The van der Waals surface area contributed by atoms with Crippen molar-refractivity contribution in [2.45, 2.75) is 0 Å². The van der Waals surface area contributed by atoms with E-state index >= 15 is 0 Å². The SMILES string of the molecule is C=CCP(=O)(Oc1ccccc1C=C)Oc1ccccc1C=C. The van der Waals surface area contributed by atoms with Crippen molar-refractivity contribution in [2.75, 3.05) is 6.16 Å². The molecule has 0 aliphatic heterocycles. The van der Waals surface area contributed by atoms with Crippen molar-refractivity contribution < 1.29 is 13.6 Å². The van der Waals surface area contributed by atoms with Crippen molar-refractivity contribution in [1.29, 1.82) is 0 Å². The van der Waals surface area contributed by atoms with Crippen LogP contribution in [0, 0.1) is 0 Å². The molecule has 0 atom stereocenters. The van der Waals surface area contributed by atoms with Gasteiger partial charge in [-0.3, -0.25) is 0 Å². The number of allylic oxidation sites excluding steroid dienone is 1. The maximum Gasteiger partial charge on any atom is 0.434 e. The Labute approximate surface area is 137 Å². The summed E-state index contributed by atoms with van der Waals surface area (Å²) in [6.07, 6.45) is 4.90. The highest BCUT2D eigenvalue weighted by atomic mass is 31.2. The first-order chi connectivity index (χ1) is 11.1. The number of hydrogen-bond donors (Lipinski definition) is 0. The molecule has 0 heterocycles. The van der Waals surface area contributed by atoms with Crippen molar-refractivity contribution in [3.8, 4) is 11.5 Å². The van der Waals surface area contributed by atoms with E-state index in [2.05, 4.69) is 19.7 Å². The monoisotopic (exact) mass is 326 g/mol. The van der Waals surface area contributed by atoms with Crippen molar-refractivity contribution in [1.82, 2.24) is 0 Å². The Kier molecular flexibility index (Phi) is 5.61. The second-order valence-corrected chi connectivity index (χ2v) is 6.70. The highest BCUT2D eigenvalue weighted by Gasteiger charge is 2.28. The molecule has 0 aliphatic carbocycles. The van der Waals surface area contributed by atoms with Crippen LogP contribution in [-0.2, 0) is 4.57 Å². The van der Waals surface area contributed by atoms with Crippen LogP contribution in [0.2, 0.25) is 0 Å². The number of benzene rings is 2. The molecule has 4 heteroatoms. The number of rotatable bonds is 8. The molecule has 3 nitrogen and oxygen atoms in total. The van der Waals surface area contributed by atoms with Crippen LogP contribution >= 0.6 is 7.60 Å². The van der Waals surface area contributed by atoms with Gasteiger partial charge in [0.2, 0.25) is 0 Å². The summed E-state index contributed by atoms with van der Waals surface area (Å²) in [5, 5.41) is 0. The van der Waals surface area contributed by atoms with Crippen LogP contribution in [0.3, 0.4) is 0 Å². The number of hydrogen-bond acceptors (Lipinski definition) is 3. The normalized spacial score (nSPS) is 10.6. The molecule has 0 aliphatic rings. The van der Waals surface area contributed by atoms with Gasteiger partial charge in [-0.1, -0.05) is 67.8 Å². The molecule has 0 aromatic heterocycles. The van der Waals surface area contributed by atoms with Crippen LogP contribution in [0.1, 0.15) is 11.1 Å². The van der Waals surface area contributed by atoms with Gasteiger partial charge in [0.15, 0.2) is 0 Å². The fourth-order valence-electron chi connectivity index (χ4n) is 2.02. The van der Waals surface area contributed by atoms with Gasteiger partial charge in [0, 0.05) is 11.1 Å². The summed E-state index contributed by atoms with van der Waals surface area (Å²) < 4.78 is 24.6. The molecule has 0 amide bonds. The van der Waals surface area contributed by atoms with Crippen molar-refractivity contribution in [3.05, 3.63) is 85.5 Å². The minimum atomic E-state index is -3.46. The van der Waals surface area contributed by atoms with Gasteiger partial charge < -0.3 is 9.05 Å². The second-order valence-electron chi connectivity index (χ2n) is 4.75. The fraction of sp³-hybridized carbons (Fsp3) is 0.0526. The largest absolute Gasteiger partial charge is 0.434 e. The molecule has 2 rings (SSSR count). The summed E-state index contributed by atoms with van der Waals surface area (Å²) in [5.74, 6) is 0.924. The summed E-state index contributed by atoms with van der Waals surface area (Å²) in [7, 11) is -3.46. The fourth-order valence-corrected chi connectivity index (χ4v) is 3.45. The van der Waals surface area contributed by atoms with Gasteiger partial charge in [0.25, 0.3) is 0 Å². The standard InChI is InChI=1S/C19H19O3P/c1-4-15-23(20,21-18-13-9-7-11-16(18)5-2)22-19-14-10-8-12-17(19)6-3/h4-14H,1-3,15H2. The van der Waals surface area contributed by atoms with Crippen LogP contribution in [0.4, 0.5) is 0 Å². The van der Waals surface area contributed by atoms with Gasteiger partial charge in [-0.2, -0.15) is 0 Å². The van der Waals surface area contributed by atoms with E-state index < -0.39 is 7.60 Å². The van der Waals surface area contributed by atoms with Gasteiger partial charge >= 0.3 is 7.60 Å². The van der Waals surface area contributed by atoms with E-state index in [4.69, 9.17) is 9.05 Å². The van der Waals surface area contributed by atoms with E-state index in [1.807, 2.05) is 24.3 Å². The van der Waals surface area contributed by atoms with E-state index in [1.54, 1.807) is 36.4 Å². The third-order valence-electron chi connectivity index (χ3n) is 3.11. The lowest BCUT2D eigenvalue weighted by Crippen LogP contribution is -2.05. The predicted octanol–water partition coefficient (Wildman–Crippen LogP) is 5.81. The molecule has 0 bridgehead atoms. The molecule has 0 N–H and O–H groups in total. The first-order valence-corrected chi connectivity index (χ1v) is 8.87. The third kappa shape index (κ3) is 4.24. The minimum Gasteiger partial charge on any atom is -0.415 e. The van der Waals surface area contributed by atoms with Crippen LogP contribution in [0.5, 0.6) is 11.5 Å². The molecule has 118 valence electrons. The summed E-state index contributed by atoms with van der Waals surface area (Å²) >= 11 is 0. The maximum absolute atomic E-state index is 13.1. The van der Waals surface area contributed by atoms with E-state index in [-0.39, 0.29) is 6.16 Å². The Bertz CT molecular complexity index is 707. The maximum atomic E-state index is 13.1. The Morgan fingerprint density at radius 3 is 1.65 bits per heavy atom. The van der Waals surface area contributed by atoms with Crippen molar-refractivity contribution >= 4 is 19.7 Å². The second kappa shape index (κ2) is 7.66. The highest BCUT2D eigenvalue weighted by molar-refractivity contribution is 7.54. The molecule has 0 fully saturated rings. The molecule has 0 saturated heterocycles. The average molecular weight is 326 g/mol. The topological polar surface area (TPSA) is 35.5 Å². The first kappa shape index (κ1) is 16.9. The zero-order valence-electron chi connectivity index (χ0n) is 12.9. The van der Waals surface area contributed by atoms with Crippen LogP contribution in [0.25, 0.3) is 12.2 Å². The zero-order chi connectivity index (χ0) is 16.7. The first-order valence-electron chi connectivity index (χ1n) is 7.14. The van der Waals surface area contributed by atoms with Gasteiger partial charge in [0.05, 0.1) is 6.16 Å². The molecule has 2 aromatic carbocycles. The Morgan fingerprint density at radius 2 is 1.26 bits per heavy atom. The molecule has 23 heavy (non-hydrogen) atoms. The lowest BCUT2D eigenvalue weighted by Gasteiger charge is -2.21. The summed E-state index contributed by atoms with van der Waals surface area (Å²) in [6, 6.07) is 14.4. The van der Waals surface area contributed by atoms with Crippen LogP contribution in [-0.4, -0.2) is 6.16 Å². The quantitative estimate of drug-likeness (QED) is 0.453. The summed E-state index contributed by atoms with van der Waals surface area (Å²) in [4.78, 5) is 0. The summed E-state index contributed by atoms with van der Waals surface area (Å²) in [5.41, 5.74) is 1.50. The summed E-state index contributed by atoms with van der Waals surface area (Å²) in [6.45, 7) is 11.1. The molecular weight excluding hydrogens is 307 g/mol. The molecule has 0 saturated carbocycles. The molecular formula is C19H19O3P. The smallest absolute Gasteiger partial charge is 0.415 e. The van der Waals surface area contributed by atoms with Crippen molar-refractivity contribution in [3.63, 3.8) is 0 Å². The van der Waals surface area contributed by atoms with Gasteiger partial charge in [-0.15, -0.1) is 6.58 Å². The van der Waals surface area contributed by atoms with E-state index in [0.717, 1.165) is 11.1 Å².